The van der Waals surface area contributed by atoms with E-state index in [-0.39, 0.29) is 11.8 Å². The highest BCUT2D eigenvalue weighted by molar-refractivity contribution is 6.06. The molecule has 0 saturated carbocycles. The van der Waals surface area contributed by atoms with E-state index >= 15 is 0 Å². The molecule has 1 N–H and O–H groups in total. The van der Waals surface area contributed by atoms with Crippen molar-refractivity contribution < 1.29 is 4.79 Å². The molecule has 1 aliphatic heterocycles. The van der Waals surface area contributed by atoms with E-state index in [0.29, 0.717) is 6.42 Å². The Labute approximate surface area is 198 Å². The van der Waals surface area contributed by atoms with Crippen molar-refractivity contribution in [1.82, 2.24) is 9.55 Å². The monoisotopic (exact) mass is 446 g/mol. The van der Waals surface area contributed by atoms with Crippen LogP contribution in [0.5, 0.6) is 0 Å². The molecule has 5 aromatic rings. The number of aromatic nitrogens is 2. The van der Waals surface area contributed by atoms with Crippen LogP contribution in [0.1, 0.15) is 29.0 Å². The Morgan fingerprint density at radius 1 is 0.971 bits per heavy atom. The zero-order chi connectivity index (χ0) is 23.2. The van der Waals surface area contributed by atoms with Crippen LogP contribution in [0.4, 0.5) is 11.5 Å². The number of rotatable bonds is 4. The number of nitrogens with zero attached hydrogens (tertiary/aromatic N) is 3. The lowest BCUT2D eigenvalue weighted by atomic mass is 9.88. The number of para-hydroxylation sites is 1. The number of carbonyl (C=O) groups is 1. The number of amides is 1. The lowest BCUT2D eigenvalue weighted by Gasteiger charge is -2.23. The van der Waals surface area contributed by atoms with E-state index in [1.165, 1.54) is 11.1 Å². The molecule has 0 saturated heterocycles. The van der Waals surface area contributed by atoms with Gasteiger partial charge in [-0.2, -0.15) is 0 Å². The van der Waals surface area contributed by atoms with Gasteiger partial charge in [0.2, 0.25) is 5.91 Å². The van der Waals surface area contributed by atoms with Crippen molar-refractivity contribution in [1.29, 1.82) is 0 Å². The van der Waals surface area contributed by atoms with E-state index in [1.807, 2.05) is 50.5 Å². The zero-order valence-corrected chi connectivity index (χ0v) is 19.3. The number of carbonyl (C=O) groups excluding carboxylic acids is 1. The molecule has 2 aromatic heterocycles. The van der Waals surface area contributed by atoms with E-state index in [2.05, 4.69) is 63.4 Å². The third-order valence-electron chi connectivity index (χ3n) is 6.70. The number of anilines is 2. The molecule has 168 valence electrons. The fourth-order valence-corrected chi connectivity index (χ4v) is 5.17. The van der Waals surface area contributed by atoms with Crippen LogP contribution in [0, 0.1) is 0 Å². The highest BCUT2D eigenvalue weighted by Gasteiger charge is 2.30. The molecule has 5 nitrogen and oxygen atoms in total. The van der Waals surface area contributed by atoms with Gasteiger partial charge in [0, 0.05) is 55.5 Å². The summed E-state index contributed by atoms with van der Waals surface area (Å²) in [5, 5.41) is 5.37. The lowest BCUT2D eigenvalue weighted by molar-refractivity contribution is -0.116. The molecule has 0 bridgehead atoms. The van der Waals surface area contributed by atoms with Crippen LogP contribution in [0.3, 0.4) is 0 Å². The first-order valence-electron chi connectivity index (χ1n) is 11.6. The summed E-state index contributed by atoms with van der Waals surface area (Å²) < 4.78 is 2.30. The first-order valence-corrected chi connectivity index (χ1v) is 11.6. The Bertz CT molecular complexity index is 1530. The van der Waals surface area contributed by atoms with Gasteiger partial charge in [-0.15, -0.1) is 0 Å². The van der Waals surface area contributed by atoms with Gasteiger partial charge in [-0.05, 0) is 35.4 Å². The van der Waals surface area contributed by atoms with Crippen molar-refractivity contribution in [2.24, 2.45) is 0 Å². The van der Waals surface area contributed by atoms with Crippen molar-refractivity contribution in [3.63, 3.8) is 0 Å². The molecule has 34 heavy (non-hydrogen) atoms. The SMILES string of the molecule is CN(C)c1nc2ccccc2cc1[C@H]1CC(=O)Nc2cccc3c2c1cn3Cc1ccccc1. The van der Waals surface area contributed by atoms with E-state index in [1.54, 1.807) is 0 Å². The van der Waals surface area contributed by atoms with Crippen molar-refractivity contribution in [2.75, 3.05) is 24.3 Å². The molecule has 3 aromatic carbocycles. The van der Waals surface area contributed by atoms with E-state index in [0.717, 1.165) is 45.4 Å². The van der Waals surface area contributed by atoms with Crippen LogP contribution >= 0.6 is 0 Å². The van der Waals surface area contributed by atoms with Gasteiger partial charge in [0.25, 0.3) is 0 Å². The smallest absolute Gasteiger partial charge is 0.225 e. The zero-order valence-electron chi connectivity index (χ0n) is 19.3. The summed E-state index contributed by atoms with van der Waals surface area (Å²) >= 11 is 0. The van der Waals surface area contributed by atoms with Crippen LogP contribution in [0.15, 0.2) is 85.1 Å². The van der Waals surface area contributed by atoms with Crippen LogP contribution in [-0.4, -0.2) is 29.6 Å². The van der Waals surface area contributed by atoms with Gasteiger partial charge in [0.1, 0.15) is 5.82 Å². The van der Waals surface area contributed by atoms with Crippen molar-refractivity contribution >= 4 is 39.2 Å². The highest BCUT2D eigenvalue weighted by Crippen LogP contribution is 2.43. The van der Waals surface area contributed by atoms with Gasteiger partial charge in [0.15, 0.2) is 0 Å². The molecule has 0 spiro atoms. The number of pyridine rings is 1. The van der Waals surface area contributed by atoms with Crippen LogP contribution in [0.25, 0.3) is 21.8 Å². The molecular formula is C29H26N4O. The molecule has 3 heterocycles. The average molecular weight is 447 g/mol. The highest BCUT2D eigenvalue weighted by atomic mass is 16.1. The minimum Gasteiger partial charge on any atom is -0.362 e. The van der Waals surface area contributed by atoms with E-state index in [4.69, 9.17) is 4.98 Å². The minimum atomic E-state index is -0.0994. The standard InChI is InChI=1S/C29H26N4O/c1-32(2)29-22(15-20-11-6-7-12-24(20)31-29)21-16-27(34)30-25-13-8-14-26-28(25)23(21)18-33(26)17-19-9-4-3-5-10-19/h3-15,18,21H,16-17H2,1-2H3,(H,30,34)/t21-/m1/s1. The van der Waals surface area contributed by atoms with E-state index in [9.17, 15) is 4.79 Å². The van der Waals surface area contributed by atoms with Crippen molar-refractivity contribution in [3.05, 3.63) is 102 Å². The van der Waals surface area contributed by atoms with Gasteiger partial charge < -0.3 is 14.8 Å². The largest absolute Gasteiger partial charge is 0.362 e. The molecule has 1 amide bonds. The second-order valence-electron chi connectivity index (χ2n) is 9.19. The summed E-state index contributed by atoms with van der Waals surface area (Å²) in [6.07, 6.45) is 2.61. The van der Waals surface area contributed by atoms with Gasteiger partial charge in [-0.3, -0.25) is 4.79 Å². The predicted molar refractivity (Wildman–Crippen MR) is 139 cm³/mol. The Morgan fingerprint density at radius 2 is 1.76 bits per heavy atom. The topological polar surface area (TPSA) is 50.2 Å². The number of hydrogen-bond acceptors (Lipinski definition) is 3. The van der Waals surface area contributed by atoms with Crippen molar-refractivity contribution in [3.8, 4) is 0 Å². The third-order valence-corrected chi connectivity index (χ3v) is 6.70. The van der Waals surface area contributed by atoms with Crippen LogP contribution in [0.2, 0.25) is 0 Å². The van der Waals surface area contributed by atoms with Gasteiger partial charge in [-0.1, -0.05) is 54.6 Å². The maximum absolute atomic E-state index is 13.0. The molecule has 1 aliphatic rings. The van der Waals surface area contributed by atoms with Crippen LogP contribution < -0.4 is 10.2 Å². The number of fused-ring (bicyclic) bond motifs is 1. The molecule has 0 aliphatic carbocycles. The molecule has 1 atom stereocenters. The second kappa shape index (κ2) is 8.03. The summed E-state index contributed by atoms with van der Waals surface area (Å²) in [6, 6.07) is 27.0. The van der Waals surface area contributed by atoms with Gasteiger partial charge >= 0.3 is 0 Å². The molecule has 0 radical (unpaired) electrons. The first-order chi connectivity index (χ1) is 16.6. The third kappa shape index (κ3) is 3.41. The number of benzene rings is 3. The predicted octanol–water partition coefficient (Wildman–Crippen LogP) is 5.78. The maximum Gasteiger partial charge on any atom is 0.225 e. The molecule has 5 heteroatoms. The second-order valence-corrected chi connectivity index (χ2v) is 9.19. The summed E-state index contributed by atoms with van der Waals surface area (Å²) in [5.41, 5.74) is 6.46. The lowest BCUT2D eigenvalue weighted by Crippen LogP contribution is -2.18. The normalized spacial score (nSPS) is 15.4. The Balaban J connectivity index is 1.59. The Morgan fingerprint density at radius 3 is 2.59 bits per heavy atom. The average Bonchev–Trinajstić information content (AvgIpc) is 3.14. The number of hydrogen-bond donors (Lipinski definition) is 1. The van der Waals surface area contributed by atoms with E-state index < -0.39 is 0 Å². The van der Waals surface area contributed by atoms with Gasteiger partial charge in [-0.25, -0.2) is 4.98 Å². The fourth-order valence-electron chi connectivity index (χ4n) is 5.17. The van der Waals surface area contributed by atoms with Crippen molar-refractivity contribution in [2.45, 2.75) is 18.9 Å². The molecule has 0 unspecified atom stereocenters. The fraction of sp³-hybridized carbons (Fsp3) is 0.172. The quantitative estimate of drug-likeness (QED) is 0.381. The van der Waals surface area contributed by atoms with Gasteiger partial charge in [0.05, 0.1) is 16.7 Å². The summed E-state index contributed by atoms with van der Waals surface area (Å²) in [7, 11) is 4.03. The summed E-state index contributed by atoms with van der Waals surface area (Å²) in [5.74, 6) is 0.832. The number of nitrogens with one attached hydrogen (secondary N) is 1. The Kier molecular flexibility index (Phi) is 4.84. The molecule has 0 fully saturated rings. The summed E-state index contributed by atoms with van der Waals surface area (Å²) in [4.78, 5) is 20.1. The Hall–Kier alpha value is -4.12. The van der Waals surface area contributed by atoms with Crippen LogP contribution in [-0.2, 0) is 11.3 Å². The summed E-state index contributed by atoms with van der Waals surface area (Å²) in [6.45, 7) is 0.776. The molecule has 6 rings (SSSR count). The minimum absolute atomic E-state index is 0.0289. The first kappa shape index (κ1) is 20.5. The molecular weight excluding hydrogens is 420 g/mol. The maximum atomic E-state index is 13.0.